The number of carbonyl (C=O) groups is 2. The summed E-state index contributed by atoms with van der Waals surface area (Å²) in [5.74, 6) is -1.33. The van der Waals surface area contributed by atoms with Crippen LogP contribution in [0.2, 0.25) is 0 Å². The van der Waals surface area contributed by atoms with E-state index in [4.69, 9.17) is 8.83 Å². The molecule has 42 heavy (non-hydrogen) atoms. The van der Waals surface area contributed by atoms with Crippen LogP contribution in [0, 0.1) is 20.2 Å². The largest absolute Gasteiger partial charge is 0.436 e. The minimum Gasteiger partial charge on any atom is -0.436 e. The van der Waals surface area contributed by atoms with Gasteiger partial charge in [0.15, 0.2) is 11.5 Å². The normalized spacial score (nSPS) is 13.0. The molecule has 1 aliphatic rings. The highest BCUT2D eigenvalue weighted by Gasteiger charge is 2.44. The van der Waals surface area contributed by atoms with Gasteiger partial charge in [-0.15, -0.1) is 0 Å². The predicted molar refractivity (Wildman–Crippen MR) is 155 cm³/mol. The molecule has 5 rings (SSSR count). The first-order valence-corrected chi connectivity index (χ1v) is 13.0. The van der Waals surface area contributed by atoms with Gasteiger partial charge in [0.2, 0.25) is 23.3 Å². The molecule has 1 aliphatic carbocycles. The van der Waals surface area contributed by atoms with Crippen LogP contribution in [-0.4, -0.2) is 32.5 Å². The number of nitro benzene ring substituents is 2. The molecule has 2 aromatic carbocycles. The Kier molecular flexibility index (Phi) is 6.52. The number of hydrogen-bond acceptors (Lipinski definition) is 10. The van der Waals surface area contributed by atoms with Crippen molar-refractivity contribution >= 4 is 34.7 Å². The van der Waals surface area contributed by atoms with Crippen LogP contribution in [-0.2, 0) is 0 Å². The average molecular weight is 573 g/mol. The summed E-state index contributed by atoms with van der Waals surface area (Å²) in [6.45, 7) is 11.2. The number of nitrogens with zero attached hydrogens (tertiary/aromatic N) is 2. The number of hydrogen-bond donors (Lipinski definition) is 2. The molecule has 2 aromatic heterocycles. The maximum Gasteiger partial charge on any atom is 0.269 e. The molecule has 0 atom stereocenters. The number of benzene rings is 2. The highest BCUT2D eigenvalue weighted by molar-refractivity contribution is 6.31. The van der Waals surface area contributed by atoms with Crippen LogP contribution in [0.25, 0.3) is 22.3 Å². The molecule has 0 bridgehead atoms. The number of non-ortho nitro benzene ring substituents is 2. The molecule has 0 aliphatic heterocycles. The zero-order chi connectivity index (χ0) is 30.7. The summed E-state index contributed by atoms with van der Waals surface area (Å²) >= 11 is 0. The van der Waals surface area contributed by atoms with Crippen molar-refractivity contribution in [3.63, 3.8) is 0 Å². The van der Waals surface area contributed by atoms with Gasteiger partial charge < -0.3 is 19.5 Å². The summed E-state index contributed by atoms with van der Waals surface area (Å²) in [7, 11) is 0. The Morgan fingerprint density at radius 1 is 0.571 bits per heavy atom. The predicted octanol–water partition coefficient (Wildman–Crippen LogP) is 7.22. The Hall–Kier alpha value is -5.26. The molecule has 2 N–H and O–H groups in total. The zero-order valence-electron chi connectivity index (χ0n) is 23.8. The van der Waals surface area contributed by atoms with Crippen molar-refractivity contribution < 1.29 is 28.3 Å². The van der Waals surface area contributed by atoms with Crippen LogP contribution in [0.4, 0.5) is 23.1 Å². The molecule has 0 saturated heterocycles. The molecule has 216 valence electrons. The fraction of sp³-hybridized carbons (Fsp3) is 0.267. The smallest absolute Gasteiger partial charge is 0.269 e. The maximum absolute atomic E-state index is 14.1. The molecule has 2 heterocycles. The molecule has 0 saturated carbocycles. The van der Waals surface area contributed by atoms with E-state index in [1.165, 1.54) is 48.5 Å². The second kappa shape index (κ2) is 9.68. The van der Waals surface area contributed by atoms with Crippen molar-refractivity contribution in [2.45, 2.75) is 52.6 Å². The third kappa shape index (κ3) is 5.02. The highest BCUT2D eigenvalue weighted by Crippen LogP contribution is 2.48. The summed E-state index contributed by atoms with van der Waals surface area (Å²) in [5, 5.41) is 28.9. The van der Waals surface area contributed by atoms with E-state index in [9.17, 15) is 29.8 Å². The van der Waals surface area contributed by atoms with Crippen LogP contribution in [0.3, 0.4) is 0 Å². The van der Waals surface area contributed by atoms with Gasteiger partial charge in [0.25, 0.3) is 11.4 Å². The molecule has 0 fully saturated rings. The van der Waals surface area contributed by atoms with Crippen LogP contribution in [0.15, 0.2) is 57.4 Å². The van der Waals surface area contributed by atoms with Gasteiger partial charge in [-0.1, -0.05) is 0 Å². The van der Waals surface area contributed by atoms with Gasteiger partial charge in [-0.05, 0) is 76.9 Å². The lowest BCUT2D eigenvalue weighted by Crippen LogP contribution is -2.26. The lowest BCUT2D eigenvalue weighted by molar-refractivity contribution is -0.385. The Morgan fingerprint density at radius 2 is 0.881 bits per heavy atom. The molecule has 4 aromatic rings. The summed E-state index contributed by atoms with van der Waals surface area (Å²) in [4.78, 5) is 49.7. The van der Waals surface area contributed by atoms with Gasteiger partial charge in [0.05, 0.1) is 32.1 Å². The second-order valence-corrected chi connectivity index (χ2v) is 12.0. The molecule has 0 spiro atoms. The summed E-state index contributed by atoms with van der Waals surface area (Å²) in [6.07, 6.45) is 0. The quantitative estimate of drug-likeness (QED) is 0.156. The molecule has 0 amide bonds. The second-order valence-electron chi connectivity index (χ2n) is 12.0. The molecule has 12 heteroatoms. The third-order valence-corrected chi connectivity index (χ3v) is 6.39. The third-order valence-electron chi connectivity index (χ3n) is 6.39. The van der Waals surface area contributed by atoms with Crippen molar-refractivity contribution in [1.82, 2.24) is 0 Å². The van der Waals surface area contributed by atoms with E-state index in [-0.39, 0.29) is 56.9 Å². The minimum absolute atomic E-state index is 0.0283. The monoisotopic (exact) mass is 572 g/mol. The van der Waals surface area contributed by atoms with Crippen molar-refractivity contribution in [1.29, 1.82) is 0 Å². The van der Waals surface area contributed by atoms with E-state index in [2.05, 4.69) is 10.6 Å². The van der Waals surface area contributed by atoms with Crippen LogP contribution in [0.1, 0.15) is 73.8 Å². The molecule has 12 nitrogen and oxygen atoms in total. The van der Waals surface area contributed by atoms with Gasteiger partial charge in [-0.3, -0.25) is 29.8 Å². The van der Waals surface area contributed by atoms with Crippen molar-refractivity contribution in [3.05, 3.63) is 91.4 Å². The van der Waals surface area contributed by atoms with Crippen molar-refractivity contribution in [2.75, 3.05) is 10.6 Å². The van der Waals surface area contributed by atoms with Gasteiger partial charge in [0.1, 0.15) is 0 Å². The van der Waals surface area contributed by atoms with Gasteiger partial charge in [-0.2, -0.15) is 0 Å². The number of furan rings is 2. The number of nitrogens with one attached hydrogen (secondary N) is 2. The first kappa shape index (κ1) is 28.3. The number of fused-ring (bicyclic) bond motifs is 2. The van der Waals surface area contributed by atoms with Gasteiger partial charge >= 0.3 is 0 Å². The number of ketones is 2. The number of carbonyl (C=O) groups excluding carboxylic acids is 2. The fourth-order valence-corrected chi connectivity index (χ4v) is 4.75. The summed E-state index contributed by atoms with van der Waals surface area (Å²) < 4.78 is 12.1. The molecular weight excluding hydrogens is 544 g/mol. The standard InChI is InChI=1S/C30H28N4O8/c1-29(2,3)31-27-19(15-7-11-17(12-8-15)33(37)38)21-23(35)26-22(24(36)25(21)41-27)20(28(42-26)32-30(4,5)6)16-9-13-18(14-10-16)34(39)40/h7-14,31-32H,1-6H3. The Bertz CT molecular complexity index is 1630. The maximum atomic E-state index is 14.1. The van der Waals surface area contributed by atoms with Gasteiger partial charge in [-0.25, -0.2) is 0 Å². The number of rotatable bonds is 6. The Balaban J connectivity index is 1.75. The number of anilines is 2. The van der Waals surface area contributed by atoms with Crippen LogP contribution >= 0.6 is 0 Å². The topological polar surface area (TPSA) is 171 Å². The first-order chi connectivity index (χ1) is 19.6. The lowest BCUT2D eigenvalue weighted by atomic mass is 9.86. The molecule has 0 unspecified atom stereocenters. The SMILES string of the molecule is CC(C)(C)Nc1oc2c(c1-c1ccc([N+](=O)[O-])cc1)C(=O)c1oc(NC(C)(C)C)c(-c3ccc([N+](=O)[O-])cc3)c1C2=O. The lowest BCUT2D eigenvalue weighted by Gasteiger charge is -2.21. The number of nitro groups is 2. The van der Waals surface area contributed by atoms with Gasteiger partial charge in [0, 0.05) is 35.3 Å². The Labute approximate surface area is 240 Å². The molecule has 0 radical (unpaired) electrons. The highest BCUT2D eigenvalue weighted by atomic mass is 16.6. The summed E-state index contributed by atoms with van der Waals surface area (Å²) in [5.41, 5.74) is -0.00129. The first-order valence-electron chi connectivity index (χ1n) is 13.0. The van der Waals surface area contributed by atoms with Crippen LogP contribution < -0.4 is 10.6 Å². The Morgan fingerprint density at radius 3 is 1.14 bits per heavy atom. The van der Waals surface area contributed by atoms with E-state index < -0.39 is 32.5 Å². The molecular formula is C30H28N4O8. The van der Waals surface area contributed by atoms with Crippen molar-refractivity contribution in [3.8, 4) is 22.3 Å². The van der Waals surface area contributed by atoms with E-state index in [1.807, 2.05) is 41.5 Å². The fourth-order valence-electron chi connectivity index (χ4n) is 4.75. The summed E-state index contributed by atoms with van der Waals surface area (Å²) in [6, 6.07) is 11.2. The van der Waals surface area contributed by atoms with E-state index in [1.54, 1.807) is 0 Å². The van der Waals surface area contributed by atoms with Crippen molar-refractivity contribution in [2.24, 2.45) is 0 Å². The van der Waals surface area contributed by atoms with Crippen LogP contribution in [0.5, 0.6) is 0 Å². The van der Waals surface area contributed by atoms with E-state index >= 15 is 0 Å². The minimum atomic E-state index is -0.608. The zero-order valence-corrected chi connectivity index (χ0v) is 23.8. The van der Waals surface area contributed by atoms with E-state index in [0.29, 0.717) is 11.1 Å². The average Bonchev–Trinajstić information content (AvgIpc) is 3.44. The van der Waals surface area contributed by atoms with E-state index in [0.717, 1.165) is 0 Å².